The molecule has 2 atom stereocenters. The number of amidine groups is 1. The Bertz CT molecular complexity index is 1120. The zero-order valence-corrected chi connectivity index (χ0v) is 20.4. The van der Waals surface area contributed by atoms with Crippen molar-refractivity contribution in [3.05, 3.63) is 41.0 Å². The van der Waals surface area contributed by atoms with E-state index in [1.54, 1.807) is 16.5 Å². The Hall–Kier alpha value is -3.18. The fourth-order valence-electron chi connectivity index (χ4n) is 4.70. The molecule has 1 aromatic carbocycles. The van der Waals surface area contributed by atoms with Crippen LogP contribution in [0.3, 0.4) is 0 Å². The lowest BCUT2D eigenvalue weighted by Crippen LogP contribution is -2.35. The van der Waals surface area contributed by atoms with Crippen molar-refractivity contribution >= 4 is 17.8 Å². The first kappa shape index (κ1) is 25.9. The highest BCUT2D eigenvalue weighted by molar-refractivity contribution is 5.91. The van der Waals surface area contributed by atoms with Crippen molar-refractivity contribution in [3.8, 4) is 0 Å². The fraction of sp³-hybridized carbons (Fsp3) is 0.583. The summed E-state index contributed by atoms with van der Waals surface area (Å²) in [5, 5.41) is 7.96. The number of aromatic nitrogens is 3. The van der Waals surface area contributed by atoms with Gasteiger partial charge < -0.3 is 16.0 Å². The van der Waals surface area contributed by atoms with Gasteiger partial charge in [0.15, 0.2) is 0 Å². The number of alkyl halides is 3. The molecule has 1 aliphatic heterocycles. The number of nitrogens with one attached hydrogen (secondary N) is 1. The van der Waals surface area contributed by atoms with Gasteiger partial charge in [-0.3, -0.25) is 0 Å². The third-order valence-electron chi connectivity index (χ3n) is 6.71. The van der Waals surface area contributed by atoms with Crippen LogP contribution in [-0.2, 0) is 12.7 Å². The van der Waals surface area contributed by atoms with Gasteiger partial charge in [-0.15, -0.1) is 5.10 Å². The third kappa shape index (κ3) is 5.96. The van der Waals surface area contributed by atoms with E-state index in [2.05, 4.69) is 20.4 Å². The second-order valence-electron chi connectivity index (χ2n) is 9.44. The summed E-state index contributed by atoms with van der Waals surface area (Å²) in [6.07, 6.45) is -0.659. The van der Waals surface area contributed by atoms with Crippen molar-refractivity contribution in [2.75, 3.05) is 18.4 Å². The predicted molar refractivity (Wildman–Crippen MR) is 127 cm³/mol. The van der Waals surface area contributed by atoms with E-state index in [4.69, 9.17) is 5.73 Å². The van der Waals surface area contributed by atoms with E-state index in [-0.39, 0.29) is 17.9 Å². The molecule has 196 valence electrons. The minimum Gasteiger partial charge on any atom is -0.387 e. The molecule has 1 fully saturated rings. The topological polar surface area (TPSA) is 101 Å². The van der Waals surface area contributed by atoms with Crippen LogP contribution >= 0.6 is 0 Å². The number of hydrogen-bond donors (Lipinski definition) is 2. The Morgan fingerprint density at radius 3 is 2.72 bits per heavy atom. The minimum absolute atomic E-state index is 0.0420. The van der Waals surface area contributed by atoms with Crippen LogP contribution < -0.4 is 11.1 Å². The third-order valence-corrected chi connectivity index (χ3v) is 6.71. The van der Waals surface area contributed by atoms with Gasteiger partial charge in [0.2, 0.25) is 5.95 Å². The molecular formula is C24H31F4N7O. The quantitative estimate of drug-likeness (QED) is 0.304. The maximum Gasteiger partial charge on any atom is 0.419 e. The first-order chi connectivity index (χ1) is 17.1. The van der Waals surface area contributed by atoms with E-state index in [1.807, 2.05) is 6.92 Å². The van der Waals surface area contributed by atoms with Gasteiger partial charge in [0, 0.05) is 31.6 Å². The van der Waals surface area contributed by atoms with Crippen molar-refractivity contribution in [1.29, 1.82) is 0 Å². The second-order valence-corrected chi connectivity index (χ2v) is 9.44. The molecule has 4 rings (SSSR count). The van der Waals surface area contributed by atoms with Crippen molar-refractivity contribution in [2.24, 2.45) is 16.6 Å². The first-order valence-electron chi connectivity index (χ1n) is 12.2. The highest BCUT2D eigenvalue weighted by atomic mass is 19.4. The van der Waals surface area contributed by atoms with Crippen LogP contribution in [0.5, 0.6) is 0 Å². The second kappa shape index (κ2) is 10.4. The average molecular weight is 510 g/mol. The van der Waals surface area contributed by atoms with Crippen LogP contribution in [0.1, 0.15) is 68.8 Å². The number of benzene rings is 1. The highest BCUT2D eigenvalue weighted by Crippen LogP contribution is 2.39. The summed E-state index contributed by atoms with van der Waals surface area (Å²) in [6, 6.07) is 2.81. The molecule has 3 N–H and O–H groups in total. The van der Waals surface area contributed by atoms with E-state index in [1.165, 1.54) is 6.07 Å². The summed E-state index contributed by atoms with van der Waals surface area (Å²) in [5.74, 6) is -0.0747. The normalized spacial score (nSPS) is 19.1. The number of anilines is 1. The molecule has 2 aliphatic rings. The number of hydrogen-bond acceptors (Lipinski definition) is 4. The molecule has 2 aromatic rings. The number of halogens is 4. The summed E-state index contributed by atoms with van der Waals surface area (Å²) < 4.78 is 55.3. The molecule has 0 spiro atoms. The van der Waals surface area contributed by atoms with E-state index in [0.29, 0.717) is 55.7 Å². The Balaban J connectivity index is 1.50. The average Bonchev–Trinajstić information content (AvgIpc) is 3.56. The Kier molecular flexibility index (Phi) is 7.51. The summed E-state index contributed by atoms with van der Waals surface area (Å²) in [6.45, 7) is 5.05. The number of aryl methyl sites for hydroxylation is 1. The van der Waals surface area contributed by atoms with Crippen LogP contribution in [0, 0.1) is 11.7 Å². The molecule has 36 heavy (non-hydrogen) atoms. The van der Waals surface area contributed by atoms with Crippen molar-refractivity contribution in [2.45, 2.75) is 70.6 Å². The molecule has 12 heteroatoms. The molecule has 2 heterocycles. The Morgan fingerprint density at radius 1 is 1.33 bits per heavy atom. The number of fused-ring (bicyclic) bond motifs is 1. The lowest BCUT2D eigenvalue weighted by molar-refractivity contribution is -0.140. The summed E-state index contributed by atoms with van der Waals surface area (Å²) >= 11 is 0. The molecule has 8 nitrogen and oxygen atoms in total. The van der Waals surface area contributed by atoms with Crippen LogP contribution in [0.4, 0.5) is 28.3 Å². The Labute approximate surface area is 207 Å². The molecule has 0 bridgehead atoms. The lowest BCUT2D eigenvalue weighted by Gasteiger charge is -2.23. The number of amides is 2. The van der Waals surface area contributed by atoms with E-state index in [9.17, 15) is 22.4 Å². The number of rotatable bonds is 8. The monoisotopic (exact) mass is 509 g/mol. The van der Waals surface area contributed by atoms with Crippen molar-refractivity contribution < 1.29 is 22.4 Å². The van der Waals surface area contributed by atoms with E-state index in [0.717, 1.165) is 31.4 Å². The van der Waals surface area contributed by atoms with Gasteiger partial charge in [-0.2, -0.15) is 23.1 Å². The van der Waals surface area contributed by atoms with Crippen molar-refractivity contribution in [3.63, 3.8) is 0 Å². The number of nitrogens with zero attached hydrogens (tertiary/aromatic N) is 5. The highest BCUT2D eigenvalue weighted by Gasteiger charge is 2.36. The number of nitrogens with two attached hydrogens (primary N) is 1. The Morgan fingerprint density at radius 2 is 2.08 bits per heavy atom. The number of aliphatic imine (C=N–C) groups is 1. The van der Waals surface area contributed by atoms with E-state index < -0.39 is 23.5 Å². The van der Waals surface area contributed by atoms with Crippen LogP contribution in [0.15, 0.2) is 23.2 Å². The van der Waals surface area contributed by atoms with Gasteiger partial charge in [-0.05, 0) is 69.6 Å². The minimum atomic E-state index is -4.77. The molecule has 1 unspecified atom stereocenters. The molecule has 1 saturated carbocycles. The fourth-order valence-corrected chi connectivity index (χ4v) is 4.70. The first-order valence-corrected chi connectivity index (χ1v) is 12.2. The number of carbonyl (C=O) groups is 1. The summed E-state index contributed by atoms with van der Waals surface area (Å²) in [5.41, 5.74) is 4.64. The standard InChI is InChI=1S/C24H31F4N7O/c1-3-34(23(36)30-14(2)29)12-10-20(15-6-7-15)31-22-32-21-17(5-4-11-35(21)33-22)16-8-9-19(25)18(13-16)24(26,27)28/h8-9,13,15,17,20H,3-7,10-12H2,1-2H3,(H,31,33)(H2,29,30,36)/t17?,20-/m0/s1. The maximum atomic E-state index is 13.8. The van der Waals surface area contributed by atoms with E-state index >= 15 is 0 Å². The lowest BCUT2D eigenvalue weighted by atomic mass is 9.90. The molecule has 2 amide bonds. The summed E-state index contributed by atoms with van der Waals surface area (Å²) in [4.78, 5) is 22.4. The van der Waals surface area contributed by atoms with Crippen LogP contribution in [-0.4, -0.2) is 50.7 Å². The molecule has 1 aromatic heterocycles. The molecule has 0 saturated heterocycles. The largest absolute Gasteiger partial charge is 0.419 e. The van der Waals surface area contributed by atoms with Gasteiger partial charge in [-0.1, -0.05) is 6.07 Å². The summed E-state index contributed by atoms with van der Waals surface area (Å²) in [7, 11) is 0. The molecule has 0 radical (unpaired) electrons. The smallest absolute Gasteiger partial charge is 0.387 e. The zero-order chi connectivity index (χ0) is 26.0. The molecule has 1 aliphatic carbocycles. The van der Waals surface area contributed by atoms with Gasteiger partial charge in [0.1, 0.15) is 17.5 Å². The van der Waals surface area contributed by atoms with Gasteiger partial charge in [0.05, 0.1) is 5.56 Å². The van der Waals surface area contributed by atoms with Crippen molar-refractivity contribution in [1.82, 2.24) is 19.7 Å². The van der Waals surface area contributed by atoms with Gasteiger partial charge >= 0.3 is 12.2 Å². The number of carbonyl (C=O) groups excluding carboxylic acids is 1. The zero-order valence-electron chi connectivity index (χ0n) is 20.4. The van der Waals surface area contributed by atoms with Crippen LogP contribution in [0.2, 0.25) is 0 Å². The predicted octanol–water partition coefficient (Wildman–Crippen LogP) is 4.76. The van der Waals surface area contributed by atoms with Crippen LogP contribution in [0.25, 0.3) is 0 Å². The number of urea groups is 1. The molecular weight excluding hydrogens is 478 g/mol. The maximum absolute atomic E-state index is 13.8. The SMILES string of the molecule is CCN(CC[C@H](Nc1nc2n(n1)CCCC2c1ccc(F)c(C(F)(F)F)c1)C1CC1)C(=O)/N=C(/C)N. The van der Waals surface area contributed by atoms with Gasteiger partial charge in [-0.25, -0.2) is 13.9 Å². The van der Waals surface area contributed by atoms with Gasteiger partial charge in [0.25, 0.3) is 0 Å².